The lowest BCUT2D eigenvalue weighted by molar-refractivity contribution is 0.0847. The predicted octanol–water partition coefficient (Wildman–Crippen LogP) is 0.779. The van der Waals surface area contributed by atoms with E-state index in [9.17, 15) is 15.3 Å². The Bertz CT molecular complexity index is 502. The molecule has 3 heteroatoms. The molecule has 0 radical (unpaired) electrons. The molecule has 82 valence electrons. The van der Waals surface area contributed by atoms with E-state index < -0.39 is 18.3 Å². The van der Waals surface area contributed by atoms with Crippen molar-refractivity contribution >= 4 is 5.57 Å². The predicted molar refractivity (Wildman–Crippen MR) is 59.5 cm³/mol. The van der Waals surface area contributed by atoms with Crippen LogP contribution in [0.4, 0.5) is 0 Å². The van der Waals surface area contributed by atoms with Gasteiger partial charge in [-0.3, -0.25) is 0 Å². The van der Waals surface area contributed by atoms with Crippen LogP contribution in [0.5, 0.6) is 0 Å². The van der Waals surface area contributed by atoms with E-state index in [1.54, 1.807) is 6.08 Å². The molecule has 0 amide bonds. The van der Waals surface area contributed by atoms with Crippen molar-refractivity contribution in [3.8, 4) is 0 Å². The molecule has 1 aromatic carbocycles. The van der Waals surface area contributed by atoms with E-state index in [4.69, 9.17) is 0 Å². The number of aliphatic hydroxyl groups excluding tert-OH is 3. The average molecular weight is 216 g/mol. The topological polar surface area (TPSA) is 60.7 Å². The van der Waals surface area contributed by atoms with Crippen LogP contribution in [0.3, 0.4) is 0 Å². The highest BCUT2D eigenvalue weighted by Gasteiger charge is 2.36. The van der Waals surface area contributed by atoms with Gasteiger partial charge >= 0.3 is 0 Å². The minimum absolute atomic E-state index is 0.651. The van der Waals surface area contributed by atoms with Crippen LogP contribution in [0.1, 0.15) is 17.2 Å². The summed E-state index contributed by atoms with van der Waals surface area (Å²) in [5.74, 6) is 0. The first-order valence-corrected chi connectivity index (χ1v) is 5.26. The highest BCUT2D eigenvalue weighted by atomic mass is 16.3. The van der Waals surface area contributed by atoms with Gasteiger partial charge in [-0.2, -0.15) is 0 Å². The number of hydrogen-bond donors (Lipinski definition) is 3. The van der Waals surface area contributed by atoms with Gasteiger partial charge in [-0.05, 0) is 22.3 Å². The normalized spacial score (nSPS) is 31.6. The van der Waals surface area contributed by atoms with Crippen LogP contribution in [-0.4, -0.2) is 27.5 Å². The molecular formula is C13H12O3. The molecule has 0 saturated heterocycles. The van der Waals surface area contributed by atoms with Gasteiger partial charge in [0, 0.05) is 0 Å². The minimum atomic E-state index is -0.946. The van der Waals surface area contributed by atoms with Gasteiger partial charge in [0.05, 0.1) is 0 Å². The Hall–Kier alpha value is -1.42. The third-order valence-electron chi connectivity index (χ3n) is 3.24. The summed E-state index contributed by atoms with van der Waals surface area (Å²) in [4.78, 5) is 0. The molecule has 0 heterocycles. The van der Waals surface area contributed by atoms with E-state index in [1.165, 1.54) is 6.08 Å². The second-order valence-electron chi connectivity index (χ2n) is 4.15. The van der Waals surface area contributed by atoms with E-state index >= 15 is 0 Å². The Kier molecular flexibility index (Phi) is 2.01. The summed E-state index contributed by atoms with van der Waals surface area (Å²) in [5, 5.41) is 29.6. The van der Waals surface area contributed by atoms with Gasteiger partial charge in [-0.1, -0.05) is 36.4 Å². The smallest absolute Gasteiger partial charge is 0.109 e. The van der Waals surface area contributed by atoms with E-state index in [1.807, 2.05) is 24.3 Å². The molecular weight excluding hydrogens is 204 g/mol. The minimum Gasteiger partial charge on any atom is -0.386 e. The van der Waals surface area contributed by atoms with Gasteiger partial charge in [-0.15, -0.1) is 0 Å². The molecule has 3 N–H and O–H groups in total. The van der Waals surface area contributed by atoms with Gasteiger partial charge < -0.3 is 15.3 Å². The Labute approximate surface area is 93.0 Å². The first-order chi connectivity index (χ1) is 7.70. The molecule has 0 saturated carbocycles. The van der Waals surface area contributed by atoms with Gasteiger partial charge in [-0.25, -0.2) is 0 Å². The third kappa shape index (κ3) is 1.13. The quantitative estimate of drug-likeness (QED) is 0.600. The Balaban J connectivity index is 2.21. The summed E-state index contributed by atoms with van der Waals surface area (Å²) >= 11 is 0. The summed E-state index contributed by atoms with van der Waals surface area (Å²) in [5.41, 5.74) is 2.98. The summed E-state index contributed by atoms with van der Waals surface area (Å²) < 4.78 is 0. The fraction of sp³-hybridized carbons (Fsp3) is 0.231. The zero-order valence-electron chi connectivity index (χ0n) is 8.54. The molecule has 0 aliphatic heterocycles. The number of fused-ring (bicyclic) bond motifs is 2. The van der Waals surface area contributed by atoms with E-state index in [2.05, 4.69) is 0 Å². The number of rotatable bonds is 0. The number of benzene rings is 1. The van der Waals surface area contributed by atoms with Crippen molar-refractivity contribution in [1.29, 1.82) is 0 Å². The van der Waals surface area contributed by atoms with Crippen LogP contribution in [0, 0.1) is 0 Å². The van der Waals surface area contributed by atoms with Crippen molar-refractivity contribution in [1.82, 2.24) is 0 Å². The second-order valence-corrected chi connectivity index (χ2v) is 4.15. The Morgan fingerprint density at radius 2 is 1.75 bits per heavy atom. The molecule has 3 atom stereocenters. The third-order valence-corrected chi connectivity index (χ3v) is 3.24. The van der Waals surface area contributed by atoms with E-state index in [0.717, 1.165) is 11.1 Å². The van der Waals surface area contributed by atoms with Crippen molar-refractivity contribution in [3.05, 3.63) is 53.1 Å². The standard InChI is InChI=1S/C13H12O3/c14-10-6-5-9-11(13(10)16)7-3-1-2-4-8(7)12(9)15/h1-6,10,12-16H/t10-,12+,13-/m0/s1. The molecule has 16 heavy (non-hydrogen) atoms. The molecule has 1 aromatic rings. The summed E-state index contributed by atoms with van der Waals surface area (Å²) in [7, 11) is 0. The Morgan fingerprint density at radius 3 is 2.56 bits per heavy atom. The summed E-state index contributed by atoms with van der Waals surface area (Å²) in [6, 6.07) is 7.41. The SMILES string of the molecule is O[C@@H]1C2=C(C=C[C@@H]1O)[C@H](O)c1ccccc12. The number of aliphatic hydroxyl groups is 3. The fourth-order valence-corrected chi connectivity index (χ4v) is 2.44. The molecule has 2 aliphatic carbocycles. The maximum Gasteiger partial charge on any atom is 0.109 e. The molecule has 0 aromatic heterocycles. The monoisotopic (exact) mass is 216 g/mol. The van der Waals surface area contributed by atoms with E-state index in [-0.39, 0.29) is 0 Å². The number of hydrogen-bond acceptors (Lipinski definition) is 3. The van der Waals surface area contributed by atoms with Crippen molar-refractivity contribution in [2.24, 2.45) is 0 Å². The highest BCUT2D eigenvalue weighted by molar-refractivity contribution is 5.83. The first-order valence-electron chi connectivity index (χ1n) is 5.26. The van der Waals surface area contributed by atoms with Gasteiger partial charge in [0.1, 0.15) is 18.3 Å². The molecule has 0 fully saturated rings. The van der Waals surface area contributed by atoms with Crippen LogP contribution < -0.4 is 0 Å². The molecule has 0 bridgehead atoms. The molecule has 3 nitrogen and oxygen atoms in total. The van der Waals surface area contributed by atoms with Crippen molar-refractivity contribution < 1.29 is 15.3 Å². The van der Waals surface area contributed by atoms with Crippen LogP contribution >= 0.6 is 0 Å². The van der Waals surface area contributed by atoms with Crippen LogP contribution in [0.25, 0.3) is 5.57 Å². The summed E-state index contributed by atoms with van der Waals surface area (Å²) in [6.07, 6.45) is 0.677. The Morgan fingerprint density at radius 1 is 1.00 bits per heavy atom. The molecule has 0 unspecified atom stereocenters. The maximum absolute atomic E-state index is 10.1. The molecule has 3 rings (SSSR count). The van der Waals surface area contributed by atoms with Crippen molar-refractivity contribution in [3.63, 3.8) is 0 Å². The lowest BCUT2D eigenvalue weighted by Crippen LogP contribution is -2.27. The van der Waals surface area contributed by atoms with Crippen LogP contribution in [0.15, 0.2) is 42.0 Å². The largest absolute Gasteiger partial charge is 0.386 e. The second kappa shape index (κ2) is 3.28. The molecule has 0 spiro atoms. The van der Waals surface area contributed by atoms with E-state index in [0.29, 0.717) is 11.1 Å². The average Bonchev–Trinajstić information content (AvgIpc) is 2.59. The zero-order chi connectivity index (χ0) is 11.3. The van der Waals surface area contributed by atoms with Gasteiger partial charge in [0.25, 0.3) is 0 Å². The van der Waals surface area contributed by atoms with Crippen LogP contribution in [-0.2, 0) is 0 Å². The van der Waals surface area contributed by atoms with Crippen molar-refractivity contribution in [2.45, 2.75) is 18.3 Å². The van der Waals surface area contributed by atoms with Gasteiger partial charge in [0.15, 0.2) is 0 Å². The molecule has 2 aliphatic rings. The van der Waals surface area contributed by atoms with Crippen LogP contribution in [0.2, 0.25) is 0 Å². The highest BCUT2D eigenvalue weighted by Crippen LogP contribution is 2.44. The zero-order valence-corrected chi connectivity index (χ0v) is 8.54. The summed E-state index contributed by atoms with van der Waals surface area (Å²) in [6.45, 7) is 0. The maximum atomic E-state index is 10.1. The first kappa shape index (κ1) is 9.78. The van der Waals surface area contributed by atoms with Gasteiger partial charge in [0.2, 0.25) is 0 Å². The van der Waals surface area contributed by atoms with Crippen molar-refractivity contribution in [2.75, 3.05) is 0 Å². The lowest BCUT2D eigenvalue weighted by atomic mass is 9.92. The fourth-order valence-electron chi connectivity index (χ4n) is 2.44. The lowest BCUT2D eigenvalue weighted by Gasteiger charge is -2.22.